The Labute approximate surface area is 130 Å². The van der Waals surface area contributed by atoms with Gasteiger partial charge in [-0.1, -0.05) is 26.7 Å². The normalized spacial score (nSPS) is 31.4. The van der Waals surface area contributed by atoms with Gasteiger partial charge in [-0.3, -0.25) is 4.79 Å². The summed E-state index contributed by atoms with van der Waals surface area (Å²) in [6.07, 6.45) is 8.04. The van der Waals surface area contributed by atoms with Crippen LogP contribution in [0.1, 0.15) is 58.8 Å². The minimum Gasteiger partial charge on any atom is -0.353 e. The van der Waals surface area contributed by atoms with Gasteiger partial charge in [0, 0.05) is 12.5 Å². The first-order valence-electron chi connectivity index (χ1n) is 8.17. The lowest BCUT2D eigenvalue weighted by atomic mass is 9.78. The highest BCUT2D eigenvalue weighted by Crippen LogP contribution is 2.29. The number of piperidine rings is 1. The van der Waals surface area contributed by atoms with Crippen LogP contribution in [0.15, 0.2) is 0 Å². The molecule has 2 aliphatic rings. The van der Waals surface area contributed by atoms with E-state index >= 15 is 0 Å². The number of hydrogen-bond donors (Lipinski definition) is 2. The van der Waals surface area contributed by atoms with Crippen molar-refractivity contribution in [2.75, 3.05) is 13.1 Å². The zero-order valence-corrected chi connectivity index (χ0v) is 13.8. The summed E-state index contributed by atoms with van der Waals surface area (Å²) in [5.74, 6) is 2.43. The molecular weight excluding hydrogens is 272 g/mol. The number of hydrogen-bond acceptors (Lipinski definition) is 2. The molecule has 3 unspecified atom stereocenters. The van der Waals surface area contributed by atoms with E-state index in [1.54, 1.807) is 0 Å². The van der Waals surface area contributed by atoms with E-state index in [0.29, 0.717) is 12.0 Å². The molecule has 20 heavy (non-hydrogen) atoms. The zero-order valence-electron chi connectivity index (χ0n) is 13.0. The number of carbonyl (C=O) groups excluding carboxylic acids is 1. The average molecular weight is 303 g/mol. The molecule has 2 rings (SSSR count). The van der Waals surface area contributed by atoms with Crippen LogP contribution in [0.25, 0.3) is 0 Å². The molecule has 118 valence electrons. The monoisotopic (exact) mass is 302 g/mol. The van der Waals surface area contributed by atoms with Crippen molar-refractivity contribution >= 4 is 18.3 Å². The molecule has 1 aliphatic carbocycles. The molecule has 0 spiro atoms. The third-order valence-electron chi connectivity index (χ3n) is 5.29. The summed E-state index contributed by atoms with van der Waals surface area (Å²) < 4.78 is 0. The summed E-state index contributed by atoms with van der Waals surface area (Å²) >= 11 is 0. The van der Waals surface area contributed by atoms with Crippen LogP contribution in [0.5, 0.6) is 0 Å². The molecular formula is C16H31ClN2O. The van der Waals surface area contributed by atoms with Crippen LogP contribution >= 0.6 is 12.4 Å². The minimum absolute atomic E-state index is 0. The van der Waals surface area contributed by atoms with E-state index in [9.17, 15) is 4.79 Å². The average Bonchev–Trinajstić information content (AvgIpc) is 2.43. The van der Waals surface area contributed by atoms with E-state index in [1.165, 1.54) is 32.1 Å². The van der Waals surface area contributed by atoms with Gasteiger partial charge in [0.25, 0.3) is 0 Å². The third-order valence-corrected chi connectivity index (χ3v) is 5.29. The molecule has 2 N–H and O–H groups in total. The maximum Gasteiger partial charge on any atom is 0.220 e. The summed E-state index contributed by atoms with van der Waals surface area (Å²) in [6, 6.07) is 0.421. The van der Waals surface area contributed by atoms with Gasteiger partial charge < -0.3 is 10.6 Å². The molecule has 1 saturated heterocycles. The Hall–Kier alpha value is -0.280. The summed E-state index contributed by atoms with van der Waals surface area (Å²) in [6.45, 7) is 6.87. The van der Waals surface area contributed by atoms with Crippen molar-refractivity contribution in [1.82, 2.24) is 10.6 Å². The molecule has 1 amide bonds. The summed E-state index contributed by atoms with van der Waals surface area (Å²) in [4.78, 5) is 12.1. The number of amides is 1. The fraction of sp³-hybridized carbons (Fsp3) is 0.938. The second kappa shape index (κ2) is 8.89. The van der Waals surface area contributed by atoms with Crippen molar-refractivity contribution in [2.45, 2.75) is 64.8 Å². The van der Waals surface area contributed by atoms with Gasteiger partial charge in [0.05, 0.1) is 0 Å². The van der Waals surface area contributed by atoms with Crippen LogP contribution in [0.3, 0.4) is 0 Å². The lowest BCUT2D eigenvalue weighted by Gasteiger charge is -2.34. The van der Waals surface area contributed by atoms with E-state index in [2.05, 4.69) is 24.5 Å². The predicted octanol–water partition coefficient (Wildman–Crippen LogP) is 3.13. The highest BCUT2D eigenvalue weighted by Gasteiger charge is 2.28. The van der Waals surface area contributed by atoms with Gasteiger partial charge in [-0.2, -0.15) is 0 Å². The molecule has 4 heteroatoms. The number of halogens is 1. The fourth-order valence-electron chi connectivity index (χ4n) is 3.57. The van der Waals surface area contributed by atoms with Crippen molar-refractivity contribution in [3.8, 4) is 0 Å². The maximum absolute atomic E-state index is 12.1. The molecule has 0 aromatic carbocycles. The Kier molecular flexibility index (Phi) is 7.90. The molecule has 3 nitrogen and oxygen atoms in total. The van der Waals surface area contributed by atoms with E-state index in [0.717, 1.165) is 37.8 Å². The van der Waals surface area contributed by atoms with Gasteiger partial charge in [-0.05, 0) is 56.5 Å². The van der Waals surface area contributed by atoms with Crippen LogP contribution < -0.4 is 10.6 Å². The first-order chi connectivity index (χ1) is 9.16. The highest BCUT2D eigenvalue weighted by molar-refractivity contribution is 5.85. The SMILES string of the molecule is CC1CCCC(NC(=O)CCC2CCNCC2)C1C.Cl. The zero-order chi connectivity index (χ0) is 13.7. The van der Waals surface area contributed by atoms with Crippen LogP contribution in [0, 0.1) is 17.8 Å². The van der Waals surface area contributed by atoms with Crippen LogP contribution in [0.4, 0.5) is 0 Å². The Morgan fingerprint density at radius 1 is 1.15 bits per heavy atom. The van der Waals surface area contributed by atoms with Crippen LogP contribution in [0.2, 0.25) is 0 Å². The smallest absolute Gasteiger partial charge is 0.220 e. The molecule has 1 aliphatic heterocycles. The Morgan fingerprint density at radius 3 is 2.55 bits per heavy atom. The first-order valence-corrected chi connectivity index (χ1v) is 8.17. The van der Waals surface area contributed by atoms with E-state index in [1.807, 2.05) is 0 Å². The van der Waals surface area contributed by atoms with Crippen molar-refractivity contribution in [2.24, 2.45) is 17.8 Å². The summed E-state index contributed by atoms with van der Waals surface area (Å²) in [7, 11) is 0. The molecule has 0 radical (unpaired) electrons. The van der Waals surface area contributed by atoms with E-state index in [4.69, 9.17) is 0 Å². The highest BCUT2D eigenvalue weighted by atomic mass is 35.5. The van der Waals surface area contributed by atoms with Gasteiger partial charge in [-0.15, -0.1) is 12.4 Å². The van der Waals surface area contributed by atoms with Crippen molar-refractivity contribution in [3.63, 3.8) is 0 Å². The number of rotatable bonds is 4. The quantitative estimate of drug-likeness (QED) is 0.838. The Morgan fingerprint density at radius 2 is 1.85 bits per heavy atom. The molecule has 1 saturated carbocycles. The van der Waals surface area contributed by atoms with Crippen molar-refractivity contribution < 1.29 is 4.79 Å². The van der Waals surface area contributed by atoms with Gasteiger partial charge in [0.2, 0.25) is 5.91 Å². The second-order valence-corrected chi connectivity index (χ2v) is 6.67. The molecule has 0 aromatic heterocycles. The van der Waals surface area contributed by atoms with Crippen LogP contribution in [-0.2, 0) is 4.79 Å². The van der Waals surface area contributed by atoms with Gasteiger partial charge in [0.15, 0.2) is 0 Å². The summed E-state index contributed by atoms with van der Waals surface area (Å²) in [5, 5.41) is 6.66. The molecule has 0 aromatic rings. The molecule has 1 heterocycles. The standard InChI is InChI=1S/C16H30N2O.ClH/c1-12-4-3-5-15(13(12)2)18-16(19)7-6-14-8-10-17-11-9-14;/h12-15,17H,3-11H2,1-2H3,(H,18,19);1H. The molecule has 0 bridgehead atoms. The topological polar surface area (TPSA) is 41.1 Å². The van der Waals surface area contributed by atoms with Crippen LogP contribution in [-0.4, -0.2) is 25.0 Å². The van der Waals surface area contributed by atoms with Crippen molar-refractivity contribution in [1.29, 1.82) is 0 Å². The van der Waals surface area contributed by atoms with Gasteiger partial charge >= 0.3 is 0 Å². The Bertz CT molecular complexity index is 292. The first kappa shape index (κ1) is 17.8. The third kappa shape index (κ3) is 5.25. The summed E-state index contributed by atoms with van der Waals surface area (Å²) in [5.41, 5.74) is 0. The minimum atomic E-state index is 0. The van der Waals surface area contributed by atoms with Gasteiger partial charge in [0.1, 0.15) is 0 Å². The second-order valence-electron chi connectivity index (χ2n) is 6.67. The van der Waals surface area contributed by atoms with E-state index in [-0.39, 0.29) is 18.3 Å². The Balaban J connectivity index is 0.00000200. The van der Waals surface area contributed by atoms with Gasteiger partial charge in [-0.25, -0.2) is 0 Å². The lowest BCUT2D eigenvalue weighted by molar-refractivity contribution is -0.122. The number of nitrogens with one attached hydrogen (secondary N) is 2. The predicted molar refractivity (Wildman–Crippen MR) is 86.2 cm³/mol. The largest absolute Gasteiger partial charge is 0.353 e. The maximum atomic E-state index is 12.1. The van der Waals surface area contributed by atoms with E-state index < -0.39 is 0 Å². The molecule has 2 fully saturated rings. The lowest BCUT2D eigenvalue weighted by Crippen LogP contribution is -2.43. The fourth-order valence-corrected chi connectivity index (χ4v) is 3.57. The van der Waals surface area contributed by atoms with Crippen molar-refractivity contribution in [3.05, 3.63) is 0 Å². The number of carbonyl (C=O) groups is 1. The molecule has 3 atom stereocenters.